The van der Waals surface area contributed by atoms with Crippen molar-refractivity contribution in [3.8, 4) is 11.3 Å². The molecule has 31 heavy (non-hydrogen) atoms. The normalized spacial score (nSPS) is 14.7. The Hall–Kier alpha value is -3.33. The molecule has 1 saturated heterocycles. The molecule has 0 spiro atoms. The summed E-state index contributed by atoms with van der Waals surface area (Å²) >= 11 is 0. The van der Waals surface area contributed by atoms with Gasteiger partial charge in [0.25, 0.3) is 5.91 Å². The van der Waals surface area contributed by atoms with Crippen LogP contribution >= 0.6 is 0 Å². The van der Waals surface area contributed by atoms with Crippen LogP contribution in [0.15, 0.2) is 60.8 Å². The molecule has 0 atom stereocenters. The van der Waals surface area contributed by atoms with Gasteiger partial charge in [0.1, 0.15) is 5.69 Å². The first kappa shape index (κ1) is 20.9. The lowest BCUT2D eigenvalue weighted by Crippen LogP contribution is -2.35. The Balaban J connectivity index is 1.35. The minimum atomic E-state index is -0.562. The number of ether oxygens (including phenoxy) is 1. The summed E-state index contributed by atoms with van der Waals surface area (Å²) in [5.74, 6) is -0.562. The molecule has 2 N–H and O–H groups in total. The number of nitrogens with zero attached hydrogens (tertiary/aromatic N) is 4. The van der Waals surface area contributed by atoms with Gasteiger partial charge in [-0.05, 0) is 22.8 Å². The Morgan fingerprint density at radius 3 is 2.42 bits per heavy atom. The summed E-state index contributed by atoms with van der Waals surface area (Å²) in [7, 11) is 0. The van der Waals surface area contributed by atoms with E-state index < -0.39 is 5.91 Å². The van der Waals surface area contributed by atoms with Gasteiger partial charge in [-0.15, -0.1) is 5.10 Å². The summed E-state index contributed by atoms with van der Waals surface area (Å²) < 4.78 is 7.21. The number of hydrogen-bond acceptors (Lipinski definition) is 6. The first-order valence-electron chi connectivity index (χ1n) is 10.2. The van der Waals surface area contributed by atoms with Crippen molar-refractivity contribution in [2.75, 3.05) is 26.3 Å². The molecule has 2 aromatic carbocycles. The van der Waals surface area contributed by atoms with Crippen molar-refractivity contribution in [3.63, 3.8) is 0 Å². The predicted octanol–water partition coefficient (Wildman–Crippen LogP) is 2.34. The standard InChI is InChI=1S/C23H25N5O3/c29-23(25-30)10-7-18-1-3-20(4-2-18)16-28-17-22(24-26-28)21-8-5-19(6-9-21)15-27-11-13-31-14-12-27/h1-10,17,30H,11-16H2,(H,25,29). The van der Waals surface area contributed by atoms with Crippen LogP contribution in [0.3, 0.4) is 0 Å². The lowest BCUT2D eigenvalue weighted by Gasteiger charge is -2.26. The molecule has 160 valence electrons. The van der Waals surface area contributed by atoms with Crippen LogP contribution in [0.1, 0.15) is 16.7 Å². The Morgan fingerprint density at radius 1 is 1.03 bits per heavy atom. The Morgan fingerprint density at radius 2 is 1.71 bits per heavy atom. The third-order valence-corrected chi connectivity index (χ3v) is 5.16. The fourth-order valence-electron chi connectivity index (χ4n) is 3.44. The van der Waals surface area contributed by atoms with Gasteiger partial charge in [-0.1, -0.05) is 53.7 Å². The second kappa shape index (κ2) is 10.1. The van der Waals surface area contributed by atoms with E-state index in [0.717, 1.165) is 55.2 Å². The van der Waals surface area contributed by atoms with Crippen LogP contribution in [-0.4, -0.2) is 57.3 Å². The summed E-state index contributed by atoms with van der Waals surface area (Å²) in [5, 5.41) is 17.1. The highest BCUT2D eigenvalue weighted by atomic mass is 16.5. The molecule has 0 aliphatic carbocycles. The second-order valence-electron chi connectivity index (χ2n) is 7.44. The molecule has 3 aromatic rings. The van der Waals surface area contributed by atoms with Gasteiger partial charge in [0, 0.05) is 31.3 Å². The predicted molar refractivity (Wildman–Crippen MR) is 116 cm³/mol. The summed E-state index contributed by atoms with van der Waals surface area (Å²) in [6.07, 6.45) is 4.84. The Labute approximate surface area is 180 Å². The molecule has 0 bridgehead atoms. The number of hydroxylamine groups is 1. The molecule has 0 radical (unpaired) electrons. The molecule has 8 nitrogen and oxygen atoms in total. The smallest absolute Gasteiger partial charge is 0.267 e. The van der Waals surface area contributed by atoms with Crippen molar-refractivity contribution < 1.29 is 14.7 Å². The van der Waals surface area contributed by atoms with Crippen LogP contribution in [0, 0.1) is 0 Å². The number of benzene rings is 2. The SMILES string of the molecule is O=C(C=Cc1ccc(Cn2cc(-c3ccc(CN4CCOCC4)cc3)nn2)cc1)NO. The molecule has 1 amide bonds. The monoisotopic (exact) mass is 419 g/mol. The van der Waals surface area contributed by atoms with E-state index >= 15 is 0 Å². The lowest BCUT2D eigenvalue weighted by molar-refractivity contribution is -0.124. The fourth-order valence-corrected chi connectivity index (χ4v) is 3.44. The van der Waals surface area contributed by atoms with Crippen LogP contribution in [0.5, 0.6) is 0 Å². The van der Waals surface area contributed by atoms with E-state index in [0.29, 0.717) is 6.54 Å². The highest BCUT2D eigenvalue weighted by Gasteiger charge is 2.11. The maximum Gasteiger partial charge on any atom is 0.267 e. The number of hydrogen-bond donors (Lipinski definition) is 2. The van der Waals surface area contributed by atoms with Gasteiger partial charge in [0.05, 0.1) is 26.0 Å². The fraction of sp³-hybridized carbons (Fsp3) is 0.261. The van der Waals surface area contributed by atoms with Gasteiger partial charge in [-0.2, -0.15) is 0 Å². The molecule has 1 aliphatic rings. The van der Waals surface area contributed by atoms with Crippen LogP contribution < -0.4 is 5.48 Å². The van der Waals surface area contributed by atoms with Gasteiger partial charge >= 0.3 is 0 Å². The van der Waals surface area contributed by atoms with Gasteiger partial charge in [0.2, 0.25) is 0 Å². The molecule has 1 fully saturated rings. The van der Waals surface area contributed by atoms with Gasteiger partial charge in [-0.3, -0.25) is 14.9 Å². The molecule has 2 heterocycles. The van der Waals surface area contributed by atoms with Crippen LogP contribution in [0.4, 0.5) is 0 Å². The average Bonchev–Trinajstić information content (AvgIpc) is 3.28. The molecule has 1 aromatic heterocycles. The summed E-state index contributed by atoms with van der Waals surface area (Å²) in [5.41, 5.74) is 6.66. The maximum atomic E-state index is 11.0. The second-order valence-corrected chi connectivity index (χ2v) is 7.44. The van der Waals surface area contributed by atoms with Crippen LogP contribution in [0.2, 0.25) is 0 Å². The molecule has 1 aliphatic heterocycles. The van der Waals surface area contributed by atoms with Crippen molar-refractivity contribution in [1.82, 2.24) is 25.4 Å². The van der Waals surface area contributed by atoms with E-state index in [1.54, 1.807) is 16.2 Å². The van der Waals surface area contributed by atoms with Crippen molar-refractivity contribution >= 4 is 12.0 Å². The van der Waals surface area contributed by atoms with Gasteiger partial charge < -0.3 is 4.74 Å². The summed E-state index contributed by atoms with van der Waals surface area (Å²) in [6, 6.07) is 16.2. The Bertz CT molecular complexity index is 1020. The molecular weight excluding hydrogens is 394 g/mol. The average molecular weight is 419 g/mol. The number of morpholine rings is 1. The Kier molecular flexibility index (Phi) is 6.83. The van der Waals surface area contributed by atoms with Gasteiger partial charge in [-0.25, -0.2) is 10.2 Å². The first-order chi connectivity index (χ1) is 15.2. The zero-order valence-electron chi connectivity index (χ0n) is 17.1. The largest absolute Gasteiger partial charge is 0.379 e. The zero-order chi connectivity index (χ0) is 21.5. The number of nitrogens with one attached hydrogen (secondary N) is 1. The van der Waals surface area contributed by atoms with E-state index in [4.69, 9.17) is 9.94 Å². The first-order valence-corrected chi connectivity index (χ1v) is 10.2. The highest BCUT2D eigenvalue weighted by molar-refractivity contribution is 5.90. The quantitative estimate of drug-likeness (QED) is 0.347. The maximum absolute atomic E-state index is 11.0. The molecular formula is C23H25N5O3. The number of aromatic nitrogens is 3. The van der Waals surface area contributed by atoms with E-state index in [-0.39, 0.29) is 0 Å². The van der Waals surface area contributed by atoms with Crippen LogP contribution in [-0.2, 0) is 22.6 Å². The van der Waals surface area contributed by atoms with E-state index in [9.17, 15) is 4.79 Å². The van der Waals surface area contributed by atoms with Gasteiger partial charge in [0.15, 0.2) is 0 Å². The van der Waals surface area contributed by atoms with E-state index in [2.05, 4.69) is 39.5 Å². The van der Waals surface area contributed by atoms with Crippen LogP contribution in [0.25, 0.3) is 17.3 Å². The van der Waals surface area contributed by atoms with E-state index in [1.807, 2.05) is 30.5 Å². The number of rotatable bonds is 7. The minimum absolute atomic E-state index is 0.562. The molecule has 0 unspecified atom stereocenters. The lowest BCUT2D eigenvalue weighted by atomic mass is 10.1. The number of carbonyl (C=O) groups is 1. The van der Waals surface area contributed by atoms with Crippen molar-refractivity contribution in [2.45, 2.75) is 13.1 Å². The molecule has 0 saturated carbocycles. The number of carbonyl (C=O) groups excluding carboxylic acids is 1. The van der Waals surface area contributed by atoms with Crippen molar-refractivity contribution in [1.29, 1.82) is 0 Å². The molecule has 4 rings (SSSR count). The third-order valence-electron chi connectivity index (χ3n) is 5.16. The zero-order valence-corrected chi connectivity index (χ0v) is 17.1. The number of amides is 1. The highest BCUT2D eigenvalue weighted by Crippen LogP contribution is 2.18. The summed E-state index contributed by atoms with van der Waals surface area (Å²) in [6.45, 7) is 5.11. The third kappa shape index (κ3) is 5.85. The topological polar surface area (TPSA) is 92.5 Å². The van der Waals surface area contributed by atoms with Crippen molar-refractivity contribution in [3.05, 3.63) is 77.5 Å². The van der Waals surface area contributed by atoms with E-state index in [1.165, 1.54) is 11.6 Å². The molecule has 8 heteroatoms. The minimum Gasteiger partial charge on any atom is -0.379 e. The summed E-state index contributed by atoms with van der Waals surface area (Å²) in [4.78, 5) is 13.4. The van der Waals surface area contributed by atoms with Crippen molar-refractivity contribution in [2.24, 2.45) is 0 Å².